The van der Waals surface area contributed by atoms with Gasteiger partial charge < -0.3 is 20.9 Å². The first-order valence-electron chi connectivity index (χ1n) is 9.30. The van der Waals surface area contributed by atoms with Crippen molar-refractivity contribution in [3.8, 4) is 0 Å². The molecule has 8 heteroatoms. The van der Waals surface area contributed by atoms with E-state index in [4.69, 9.17) is 5.73 Å². The fraction of sp³-hybridized carbons (Fsp3) is 0.286. The lowest BCUT2D eigenvalue weighted by Crippen LogP contribution is -2.53. The van der Waals surface area contributed by atoms with Crippen molar-refractivity contribution in [2.75, 3.05) is 13.1 Å². The van der Waals surface area contributed by atoms with Crippen LogP contribution in [0.1, 0.15) is 28.4 Å². The minimum Gasteiger partial charge on any atom is -0.349 e. The Morgan fingerprint density at radius 3 is 2.45 bits per heavy atom. The minimum atomic E-state index is -1.08. The van der Waals surface area contributed by atoms with E-state index in [1.807, 2.05) is 24.3 Å². The molecule has 7 nitrogen and oxygen atoms in total. The predicted molar refractivity (Wildman–Crippen MR) is 105 cm³/mol. The lowest BCUT2D eigenvalue weighted by molar-refractivity contribution is -0.139. The van der Waals surface area contributed by atoms with Crippen molar-refractivity contribution in [1.29, 1.82) is 0 Å². The minimum absolute atomic E-state index is 0.129. The summed E-state index contributed by atoms with van der Waals surface area (Å²) in [6, 6.07) is 12.7. The van der Waals surface area contributed by atoms with Crippen LogP contribution in [0.4, 0.5) is 4.39 Å². The number of carbonyl (C=O) groups excluding carboxylic acids is 3. The molecule has 3 amide bonds. The molecule has 1 atom stereocenters. The van der Waals surface area contributed by atoms with Gasteiger partial charge >= 0.3 is 0 Å². The molecular weight excluding hydrogens is 375 g/mol. The van der Waals surface area contributed by atoms with Crippen LogP contribution in [-0.4, -0.2) is 46.8 Å². The monoisotopic (exact) mass is 398 g/mol. The standard InChI is InChI=1S/C21H23FN4O3/c1-14(27)25-8-9-26(21(29)17-6-3-7-18(22)11-17)20(25)19(28)24-13-16-5-2-4-15(10-16)12-23/h2-7,10-11,20H,8-9,12-13,23H2,1H3,(H,24,28). The zero-order valence-electron chi connectivity index (χ0n) is 16.1. The first kappa shape index (κ1) is 20.5. The maximum atomic E-state index is 13.5. The number of nitrogens with one attached hydrogen (secondary N) is 1. The summed E-state index contributed by atoms with van der Waals surface area (Å²) in [4.78, 5) is 40.4. The van der Waals surface area contributed by atoms with Gasteiger partial charge in [0.15, 0.2) is 6.17 Å². The molecule has 0 aliphatic carbocycles. The highest BCUT2D eigenvalue weighted by atomic mass is 19.1. The first-order valence-corrected chi connectivity index (χ1v) is 9.30. The SMILES string of the molecule is CC(=O)N1CCN(C(=O)c2cccc(F)c2)C1C(=O)NCc1cccc(CN)c1. The van der Waals surface area contributed by atoms with Gasteiger partial charge in [0.1, 0.15) is 5.82 Å². The largest absolute Gasteiger partial charge is 0.349 e. The van der Waals surface area contributed by atoms with E-state index >= 15 is 0 Å². The number of carbonyl (C=O) groups is 3. The summed E-state index contributed by atoms with van der Waals surface area (Å²) >= 11 is 0. The van der Waals surface area contributed by atoms with Gasteiger partial charge in [0.2, 0.25) is 5.91 Å². The summed E-state index contributed by atoms with van der Waals surface area (Å²) in [5.41, 5.74) is 7.56. The van der Waals surface area contributed by atoms with E-state index in [2.05, 4.69) is 5.32 Å². The highest BCUT2D eigenvalue weighted by molar-refractivity contribution is 5.99. The van der Waals surface area contributed by atoms with E-state index in [1.165, 1.54) is 34.9 Å². The van der Waals surface area contributed by atoms with Gasteiger partial charge in [-0.2, -0.15) is 0 Å². The summed E-state index contributed by atoms with van der Waals surface area (Å²) in [6.45, 7) is 2.39. The highest BCUT2D eigenvalue weighted by Gasteiger charge is 2.41. The van der Waals surface area contributed by atoms with Crippen molar-refractivity contribution < 1.29 is 18.8 Å². The van der Waals surface area contributed by atoms with Crippen LogP contribution in [0.5, 0.6) is 0 Å². The van der Waals surface area contributed by atoms with Gasteiger partial charge in [-0.05, 0) is 29.3 Å². The van der Waals surface area contributed by atoms with E-state index in [1.54, 1.807) is 0 Å². The highest BCUT2D eigenvalue weighted by Crippen LogP contribution is 2.19. The van der Waals surface area contributed by atoms with Crippen molar-refractivity contribution in [3.63, 3.8) is 0 Å². The van der Waals surface area contributed by atoms with Crippen LogP contribution < -0.4 is 11.1 Å². The quantitative estimate of drug-likeness (QED) is 0.792. The second kappa shape index (κ2) is 8.83. The summed E-state index contributed by atoms with van der Waals surface area (Å²) in [7, 11) is 0. The Hall–Kier alpha value is -3.26. The lowest BCUT2D eigenvalue weighted by Gasteiger charge is -2.28. The molecule has 1 aliphatic rings. The topological polar surface area (TPSA) is 95.7 Å². The molecule has 3 rings (SSSR count). The van der Waals surface area contributed by atoms with Gasteiger partial charge in [-0.1, -0.05) is 30.3 Å². The van der Waals surface area contributed by atoms with E-state index in [-0.39, 0.29) is 31.1 Å². The molecule has 2 aromatic carbocycles. The zero-order valence-corrected chi connectivity index (χ0v) is 16.1. The smallest absolute Gasteiger partial charge is 0.264 e. The number of rotatable bonds is 5. The van der Waals surface area contributed by atoms with Crippen LogP contribution >= 0.6 is 0 Å². The Kier molecular flexibility index (Phi) is 6.23. The van der Waals surface area contributed by atoms with Crippen LogP contribution in [0.2, 0.25) is 0 Å². The molecule has 3 N–H and O–H groups in total. The molecule has 0 spiro atoms. The lowest BCUT2D eigenvalue weighted by atomic mass is 10.1. The summed E-state index contributed by atoms with van der Waals surface area (Å²) < 4.78 is 13.5. The number of amides is 3. The number of halogens is 1. The first-order chi connectivity index (χ1) is 13.9. The van der Waals surface area contributed by atoms with Crippen LogP contribution in [0.25, 0.3) is 0 Å². The Morgan fingerprint density at radius 1 is 1.07 bits per heavy atom. The number of hydrogen-bond donors (Lipinski definition) is 2. The van der Waals surface area contributed by atoms with Gasteiger partial charge in [0.05, 0.1) is 0 Å². The van der Waals surface area contributed by atoms with Crippen LogP contribution in [0.3, 0.4) is 0 Å². The van der Waals surface area contributed by atoms with Crippen molar-refractivity contribution in [3.05, 3.63) is 71.0 Å². The third kappa shape index (κ3) is 4.60. The van der Waals surface area contributed by atoms with E-state index < -0.39 is 23.8 Å². The third-order valence-electron chi connectivity index (χ3n) is 4.84. The van der Waals surface area contributed by atoms with E-state index in [0.29, 0.717) is 6.54 Å². The molecule has 29 heavy (non-hydrogen) atoms. The van der Waals surface area contributed by atoms with Gasteiger partial charge in [0, 0.05) is 38.7 Å². The third-order valence-corrected chi connectivity index (χ3v) is 4.84. The Labute approximate surface area is 168 Å². The molecule has 1 heterocycles. The number of benzene rings is 2. The number of nitrogens with two attached hydrogens (primary N) is 1. The van der Waals surface area contributed by atoms with Crippen molar-refractivity contribution in [1.82, 2.24) is 15.1 Å². The average Bonchev–Trinajstić information content (AvgIpc) is 3.17. The van der Waals surface area contributed by atoms with Gasteiger partial charge in [0.25, 0.3) is 11.8 Å². The second-order valence-corrected chi connectivity index (χ2v) is 6.84. The van der Waals surface area contributed by atoms with Crippen LogP contribution in [0.15, 0.2) is 48.5 Å². The van der Waals surface area contributed by atoms with Gasteiger partial charge in [-0.3, -0.25) is 14.4 Å². The number of nitrogens with zero attached hydrogens (tertiary/aromatic N) is 2. The van der Waals surface area contributed by atoms with E-state index in [9.17, 15) is 18.8 Å². The zero-order chi connectivity index (χ0) is 21.0. The molecule has 1 aliphatic heterocycles. The Balaban J connectivity index is 1.78. The molecule has 0 bridgehead atoms. The Bertz CT molecular complexity index is 934. The average molecular weight is 398 g/mol. The normalized spacial score (nSPS) is 16.0. The van der Waals surface area contributed by atoms with Crippen LogP contribution in [-0.2, 0) is 22.7 Å². The van der Waals surface area contributed by atoms with Crippen molar-refractivity contribution >= 4 is 17.7 Å². The number of hydrogen-bond acceptors (Lipinski definition) is 4. The molecule has 0 aromatic heterocycles. The molecule has 1 unspecified atom stereocenters. The molecule has 1 fully saturated rings. The molecule has 2 aromatic rings. The maximum Gasteiger partial charge on any atom is 0.264 e. The van der Waals surface area contributed by atoms with Gasteiger partial charge in [-0.15, -0.1) is 0 Å². The van der Waals surface area contributed by atoms with Crippen molar-refractivity contribution in [2.24, 2.45) is 5.73 Å². The predicted octanol–water partition coefficient (Wildman–Crippen LogP) is 1.23. The maximum absolute atomic E-state index is 13.5. The Morgan fingerprint density at radius 2 is 1.76 bits per heavy atom. The van der Waals surface area contributed by atoms with Crippen LogP contribution in [0, 0.1) is 5.82 Å². The second-order valence-electron chi connectivity index (χ2n) is 6.84. The summed E-state index contributed by atoms with van der Waals surface area (Å²) in [6.07, 6.45) is -1.08. The molecule has 1 saturated heterocycles. The summed E-state index contributed by atoms with van der Waals surface area (Å²) in [5, 5.41) is 2.78. The van der Waals surface area contributed by atoms with E-state index in [0.717, 1.165) is 17.2 Å². The summed E-state index contributed by atoms with van der Waals surface area (Å²) in [5.74, 6) is -1.83. The molecule has 0 saturated carbocycles. The fourth-order valence-electron chi connectivity index (χ4n) is 3.39. The van der Waals surface area contributed by atoms with Gasteiger partial charge in [-0.25, -0.2) is 4.39 Å². The molecule has 0 radical (unpaired) electrons. The molecule has 152 valence electrons. The molecular formula is C21H23FN4O3. The fourth-order valence-corrected chi connectivity index (χ4v) is 3.39. The van der Waals surface area contributed by atoms with Crippen molar-refractivity contribution in [2.45, 2.75) is 26.2 Å².